The van der Waals surface area contributed by atoms with Crippen LogP contribution >= 0.6 is 0 Å². The summed E-state index contributed by atoms with van der Waals surface area (Å²) in [6, 6.07) is 6.60. The summed E-state index contributed by atoms with van der Waals surface area (Å²) in [5, 5.41) is 10.5. The number of benzene rings is 1. The first-order chi connectivity index (χ1) is 14.9. The molecule has 31 heavy (non-hydrogen) atoms. The molecule has 0 radical (unpaired) electrons. The highest BCUT2D eigenvalue weighted by Gasteiger charge is 2.58. The Balaban J connectivity index is 1.62. The highest BCUT2D eigenvalue weighted by molar-refractivity contribution is 5.90. The lowest BCUT2D eigenvalue weighted by molar-refractivity contribution is -0.196. The van der Waals surface area contributed by atoms with E-state index >= 15 is 0 Å². The Bertz CT molecular complexity index is 793. The molecule has 0 unspecified atom stereocenters. The van der Waals surface area contributed by atoms with Crippen LogP contribution in [0.1, 0.15) is 44.6 Å². The van der Waals surface area contributed by atoms with Crippen molar-refractivity contribution in [2.75, 3.05) is 26.9 Å². The van der Waals surface area contributed by atoms with Gasteiger partial charge in [0.15, 0.2) is 5.79 Å². The van der Waals surface area contributed by atoms with Crippen molar-refractivity contribution in [3.05, 3.63) is 29.8 Å². The second-order valence-corrected chi connectivity index (χ2v) is 8.58. The van der Waals surface area contributed by atoms with Crippen molar-refractivity contribution in [3.63, 3.8) is 0 Å². The van der Waals surface area contributed by atoms with E-state index in [-0.39, 0.29) is 6.61 Å². The molecular formula is C23H31NO7. The summed E-state index contributed by atoms with van der Waals surface area (Å²) in [6.07, 6.45) is 1.96. The van der Waals surface area contributed by atoms with Crippen LogP contribution in [0.15, 0.2) is 24.3 Å². The van der Waals surface area contributed by atoms with E-state index in [1.165, 1.54) is 0 Å². The Labute approximate surface area is 182 Å². The number of aliphatic hydroxyl groups is 1. The number of methoxy groups -OCH3 is 1. The molecule has 170 valence electrons. The van der Waals surface area contributed by atoms with Crippen molar-refractivity contribution in [3.8, 4) is 5.75 Å². The van der Waals surface area contributed by atoms with Crippen LogP contribution in [0.2, 0.25) is 0 Å². The van der Waals surface area contributed by atoms with Gasteiger partial charge in [-0.2, -0.15) is 0 Å². The highest BCUT2D eigenvalue weighted by atomic mass is 16.7. The summed E-state index contributed by atoms with van der Waals surface area (Å²) in [7, 11) is 1.60. The van der Waals surface area contributed by atoms with E-state index in [0.717, 1.165) is 11.3 Å². The first-order valence-corrected chi connectivity index (χ1v) is 11.0. The van der Waals surface area contributed by atoms with Crippen LogP contribution in [0.25, 0.3) is 0 Å². The number of likely N-dealkylation sites (tertiary alicyclic amines) is 1. The van der Waals surface area contributed by atoms with E-state index in [0.29, 0.717) is 51.7 Å². The minimum atomic E-state index is -1.12. The van der Waals surface area contributed by atoms with E-state index in [9.17, 15) is 14.7 Å². The van der Waals surface area contributed by atoms with Crippen molar-refractivity contribution in [2.24, 2.45) is 0 Å². The Kier molecular flexibility index (Phi) is 6.23. The van der Waals surface area contributed by atoms with E-state index in [2.05, 4.69) is 0 Å². The smallest absolute Gasteiger partial charge is 0.329 e. The van der Waals surface area contributed by atoms with Crippen LogP contribution in [-0.2, 0) is 30.2 Å². The number of carbonyl (C=O) groups is 2. The molecule has 2 atom stereocenters. The van der Waals surface area contributed by atoms with Gasteiger partial charge in [-0.3, -0.25) is 4.79 Å². The summed E-state index contributed by atoms with van der Waals surface area (Å²) in [6.45, 7) is 3.11. The summed E-state index contributed by atoms with van der Waals surface area (Å²) in [4.78, 5) is 27.7. The molecule has 1 saturated carbocycles. The topological polar surface area (TPSA) is 94.5 Å². The van der Waals surface area contributed by atoms with Gasteiger partial charge in [0, 0.05) is 31.2 Å². The van der Waals surface area contributed by atoms with Gasteiger partial charge < -0.3 is 29.0 Å². The number of amides is 1. The van der Waals surface area contributed by atoms with Gasteiger partial charge >= 0.3 is 5.97 Å². The number of esters is 1. The standard InChI is InChI=1S/C23H31NO7/c1-3-29-21(27)18(14-16-4-6-17(28-2)7-5-16)24-20(26)19(25)15-22(24)8-10-23(11-9-22)30-12-13-31-23/h4-7,18-19,25H,3,8-15H2,1-2H3/t18-,19+/m0/s1. The van der Waals surface area contributed by atoms with Gasteiger partial charge in [-0.1, -0.05) is 12.1 Å². The maximum absolute atomic E-state index is 13.1. The molecule has 0 bridgehead atoms. The summed E-state index contributed by atoms with van der Waals surface area (Å²) in [5.74, 6) is -0.734. The zero-order valence-electron chi connectivity index (χ0n) is 18.2. The highest BCUT2D eigenvalue weighted by Crippen LogP contribution is 2.49. The number of hydrogen-bond donors (Lipinski definition) is 1. The zero-order chi connectivity index (χ0) is 22.1. The fraction of sp³-hybridized carbons (Fsp3) is 0.652. The lowest BCUT2D eigenvalue weighted by Crippen LogP contribution is -2.58. The summed E-state index contributed by atoms with van der Waals surface area (Å²) >= 11 is 0. The predicted octanol–water partition coefficient (Wildman–Crippen LogP) is 1.82. The minimum absolute atomic E-state index is 0.223. The fourth-order valence-electron chi connectivity index (χ4n) is 5.25. The Morgan fingerprint density at radius 2 is 1.84 bits per heavy atom. The molecule has 4 rings (SSSR count). The van der Waals surface area contributed by atoms with Crippen LogP contribution < -0.4 is 4.74 Å². The van der Waals surface area contributed by atoms with Crippen LogP contribution in [0.5, 0.6) is 5.75 Å². The second kappa shape index (κ2) is 8.76. The Morgan fingerprint density at radius 1 is 1.19 bits per heavy atom. The first kappa shape index (κ1) is 22.0. The molecular weight excluding hydrogens is 402 g/mol. The quantitative estimate of drug-likeness (QED) is 0.684. The zero-order valence-corrected chi connectivity index (χ0v) is 18.2. The van der Waals surface area contributed by atoms with Gasteiger partial charge in [0.2, 0.25) is 0 Å². The third-order valence-corrected chi connectivity index (χ3v) is 6.82. The van der Waals surface area contributed by atoms with E-state index in [1.807, 2.05) is 24.3 Å². The molecule has 8 nitrogen and oxygen atoms in total. The Morgan fingerprint density at radius 3 is 2.42 bits per heavy atom. The minimum Gasteiger partial charge on any atom is -0.497 e. The molecule has 3 fully saturated rings. The molecule has 1 aromatic carbocycles. The van der Waals surface area contributed by atoms with Gasteiger partial charge in [-0.05, 0) is 37.5 Å². The molecule has 1 aromatic rings. The molecule has 8 heteroatoms. The monoisotopic (exact) mass is 433 g/mol. The lowest BCUT2D eigenvalue weighted by atomic mass is 9.76. The van der Waals surface area contributed by atoms with Crippen molar-refractivity contribution < 1.29 is 33.6 Å². The molecule has 1 aliphatic carbocycles. The van der Waals surface area contributed by atoms with E-state index < -0.39 is 35.3 Å². The third-order valence-electron chi connectivity index (χ3n) is 6.82. The molecule has 0 aromatic heterocycles. The average molecular weight is 434 g/mol. The van der Waals surface area contributed by atoms with Crippen LogP contribution in [0, 0.1) is 0 Å². The third kappa shape index (κ3) is 4.16. The molecule has 2 aliphatic heterocycles. The second-order valence-electron chi connectivity index (χ2n) is 8.58. The van der Waals surface area contributed by atoms with Gasteiger partial charge in [0.05, 0.1) is 26.9 Å². The van der Waals surface area contributed by atoms with E-state index in [4.69, 9.17) is 18.9 Å². The molecule has 2 heterocycles. The maximum Gasteiger partial charge on any atom is 0.329 e. The lowest BCUT2D eigenvalue weighted by Gasteiger charge is -2.48. The van der Waals surface area contributed by atoms with Crippen LogP contribution in [0.4, 0.5) is 0 Å². The number of rotatable bonds is 6. The fourth-order valence-corrected chi connectivity index (χ4v) is 5.25. The number of aliphatic hydroxyl groups excluding tert-OH is 1. The molecule has 2 saturated heterocycles. The number of ether oxygens (including phenoxy) is 4. The van der Waals surface area contributed by atoms with Crippen molar-refractivity contribution >= 4 is 11.9 Å². The van der Waals surface area contributed by atoms with Gasteiger partial charge in [0.1, 0.15) is 17.9 Å². The maximum atomic E-state index is 13.1. The number of hydrogen-bond acceptors (Lipinski definition) is 7. The van der Waals surface area contributed by atoms with Crippen LogP contribution in [0.3, 0.4) is 0 Å². The van der Waals surface area contributed by atoms with E-state index in [1.54, 1.807) is 18.9 Å². The number of nitrogens with zero attached hydrogens (tertiary/aromatic N) is 1. The van der Waals surface area contributed by atoms with Gasteiger partial charge in [-0.25, -0.2) is 4.79 Å². The number of carbonyl (C=O) groups excluding carboxylic acids is 2. The largest absolute Gasteiger partial charge is 0.497 e. The summed E-state index contributed by atoms with van der Waals surface area (Å²) < 4.78 is 22.3. The van der Waals surface area contributed by atoms with Crippen LogP contribution in [-0.4, -0.2) is 72.3 Å². The molecule has 2 spiro atoms. The average Bonchev–Trinajstić information content (AvgIpc) is 3.33. The first-order valence-electron chi connectivity index (χ1n) is 11.0. The van der Waals surface area contributed by atoms with Crippen molar-refractivity contribution in [2.45, 2.75) is 68.9 Å². The van der Waals surface area contributed by atoms with Gasteiger partial charge in [-0.15, -0.1) is 0 Å². The van der Waals surface area contributed by atoms with Crippen molar-refractivity contribution in [1.82, 2.24) is 4.90 Å². The predicted molar refractivity (Wildman–Crippen MR) is 110 cm³/mol. The molecule has 1 N–H and O–H groups in total. The Hall–Kier alpha value is -2.16. The normalized spacial score (nSPS) is 25.2. The molecule has 3 aliphatic rings. The van der Waals surface area contributed by atoms with Gasteiger partial charge in [0.25, 0.3) is 5.91 Å². The van der Waals surface area contributed by atoms with Crippen molar-refractivity contribution in [1.29, 1.82) is 0 Å². The SMILES string of the molecule is CCOC(=O)[C@H](Cc1ccc(OC)cc1)N1C(=O)[C@H](O)CC12CCC1(CC2)OCCO1. The molecule has 1 amide bonds. The summed E-state index contributed by atoms with van der Waals surface area (Å²) in [5.41, 5.74) is 0.277.